The van der Waals surface area contributed by atoms with Gasteiger partial charge >= 0.3 is 0 Å². The first-order valence-electron chi connectivity index (χ1n) is 10.7. The van der Waals surface area contributed by atoms with Crippen LogP contribution in [0.4, 0.5) is 11.4 Å². The lowest BCUT2D eigenvalue weighted by atomic mass is 10.1. The predicted octanol–water partition coefficient (Wildman–Crippen LogP) is 4.59. The van der Waals surface area contributed by atoms with Gasteiger partial charge in [0.2, 0.25) is 0 Å². The Morgan fingerprint density at radius 3 is 2.58 bits per heavy atom. The summed E-state index contributed by atoms with van der Waals surface area (Å²) in [5.74, 6) is -0.439. The lowest BCUT2D eigenvalue weighted by Gasteiger charge is -2.29. The number of anilines is 2. The number of piperidine rings is 1. The van der Waals surface area contributed by atoms with E-state index in [1.165, 1.54) is 11.3 Å². The zero-order valence-corrected chi connectivity index (χ0v) is 17.9. The summed E-state index contributed by atoms with van der Waals surface area (Å²) in [5, 5.41) is 4.90. The van der Waals surface area contributed by atoms with Crippen molar-refractivity contribution in [3.8, 4) is 0 Å². The van der Waals surface area contributed by atoms with Gasteiger partial charge in [-0.3, -0.25) is 19.5 Å². The number of benzene rings is 2. The number of rotatable bonds is 5. The molecule has 1 fully saturated rings. The molecule has 0 unspecified atom stereocenters. The van der Waals surface area contributed by atoms with E-state index >= 15 is 0 Å². The minimum atomic E-state index is -0.224. The molecule has 2 aromatic carbocycles. The van der Waals surface area contributed by atoms with Crippen LogP contribution < -0.4 is 10.2 Å². The van der Waals surface area contributed by atoms with Crippen LogP contribution in [0.5, 0.6) is 0 Å². The maximum Gasteiger partial charge on any atom is 0.261 e. The van der Waals surface area contributed by atoms with E-state index in [1.54, 1.807) is 12.3 Å². The van der Waals surface area contributed by atoms with Crippen LogP contribution in [-0.2, 0) is 0 Å². The lowest BCUT2D eigenvalue weighted by molar-refractivity contribution is 0.0660. The van der Waals surface area contributed by atoms with Gasteiger partial charge in [-0.2, -0.15) is 0 Å². The van der Waals surface area contributed by atoms with Crippen LogP contribution >= 0.6 is 11.6 Å². The molecule has 2 aliphatic rings. The topological polar surface area (TPSA) is 65.5 Å². The third kappa shape index (κ3) is 3.72. The Hall–Kier alpha value is -3.12. The van der Waals surface area contributed by atoms with Crippen molar-refractivity contribution in [3.63, 3.8) is 0 Å². The van der Waals surface area contributed by atoms with Gasteiger partial charge in [-0.25, -0.2) is 0 Å². The summed E-state index contributed by atoms with van der Waals surface area (Å²) in [6.45, 7) is 2.74. The van der Waals surface area contributed by atoms with Crippen molar-refractivity contribution < 1.29 is 9.59 Å². The fourth-order valence-electron chi connectivity index (χ4n) is 4.41. The van der Waals surface area contributed by atoms with Crippen molar-refractivity contribution in [3.05, 3.63) is 64.8 Å². The molecule has 1 N–H and O–H groups in total. The molecule has 0 spiro atoms. The maximum atomic E-state index is 13.0. The molecule has 3 aromatic rings. The second kappa shape index (κ2) is 8.19. The molecule has 31 heavy (non-hydrogen) atoms. The molecule has 3 heterocycles. The molecule has 0 saturated carbocycles. The second-order valence-electron chi connectivity index (χ2n) is 7.99. The van der Waals surface area contributed by atoms with E-state index in [-0.39, 0.29) is 11.8 Å². The van der Waals surface area contributed by atoms with Crippen LogP contribution in [0.15, 0.2) is 48.7 Å². The quantitative estimate of drug-likeness (QED) is 0.595. The van der Waals surface area contributed by atoms with Crippen molar-refractivity contribution >= 4 is 45.7 Å². The van der Waals surface area contributed by atoms with Crippen LogP contribution in [0.2, 0.25) is 5.02 Å². The second-order valence-corrected chi connectivity index (χ2v) is 8.42. The van der Waals surface area contributed by atoms with Crippen LogP contribution in [0, 0.1) is 0 Å². The van der Waals surface area contributed by atoms with Crippen molar-refractivity contribution in [2.45, 2.75) is 19.3 Å². The Morgan fingerprint density at radius 2 is 1.74 bits per heavy atom. The molecule has 158 valence electrons. The van der Waals surface area contributed by atoms with Gasteiger partial charge in [0, 0.05) is 54.2 Å². The van der Waals surface area contributed by atoms with E-state index in [9.17, 15) is 9.59 Å². The SMILES string of the molecule is O=C1c2ccc(N3CCCCC3)cc2C(=O)N1CCNc1ccnc2cc(Cl)ccc12. The molecule has 6 nitrogen and oxygen atoms in total. The number of nitrogens with zero attached hydrogens (tertiary/aromatic N) is 3. The molecule has 5 rings (SSSR count). The Labute approximate surface area is 185 Å². The zero-order chi connectivity index (χ0) is 21.4. The van der Waals surface area contributed by atoms with Gasteiger partial charge in [0.15, 0.2) is 0 Å². The number of carbonyl (C=O) groups excluding carboxylic acids is 2. The highest BCUT2D eigenvalue weighted by molar-refractivity contribution is 6.31. The largest absolute Gasteiger partial charge is 0.383 e. The van der Waals surface area contributed by atoms with Gasteiger partial charge in [-0.1, -0.05) is 11.6 Å². The summed E-state index contributed by atoms with van der Waals surface area (Å²) in [6, 6.07) is 13.1. The molecule has 2 aliphatic heterocycles. The van der Waals surface area contributed by atoms with Gasteiger partial charge in [-0.05, 0) is 61.7 Å². The molecule has 2 amide bonds. The minimum Gasteiger partial charge on any atom is -0.383 e. The number of imide groups is 1. The highest BCUT2D eigenvalue weighted by atomic mass is 35.5. The normalized spacial score (nSPS) is 16.2. The fourth-order valence-corrected chi connectivity index (χ4v) is 4.57. The summed E-state index contributed by atoms with van der Waals surface area (Å²) >= 11 is 6.05. The Bertz CT molecular complexity index is 1170. The van der Waals surface area contributed by atoms with Crippen molar-refractivity contribution in [1.82, 2.24) is 9.88 Å². The van der Waals surface area contributed by atoms with Crippen LogP contribution in [0.3, 0.4) is 0 Å². The summed E-state index contributed by atoms with van der Waals surface area (Å²) in [4.78, 5) is 33.8. The maximum absolute atomic E-state index is 13.0. The first kappa shape index (κ1) is 19.8. The molecular formula is C24H23ClN4O2. The van der Waals surface area contributed by atoms with E-state index in [2.05, 4.69) is 15.2 Å². The van der Waals surface area contributed by atoms with Gasteiger partial charge in [0.1, 0.15) is 0 Å². The predicted molar refractivity (Wildman–Crippen MR) is 123 cm³/mol. The van der Waals surface area contributed by atoms with E-state index in [4.69, 9.17) is 11.6 Å². The van der Waals surface area contributed by atoms with Crippen molar-refractivity contribution in [1.29, 1.82) is 0 Å². The van der Waals surface area contributed by atoms with Crippen molar-refractivity contribution in [2.75, 3.05) is 36.4 Å². The Morgan fingerprint density at radius 1 is 0.935 bits per heavy atom. The summed E-state index contributed by atoms with van der Waals surface area (Å²) in [6.07, 6.45) is 5.29. The molecule has 0 bridgehead atoms. The average molecular weight is 435 g/mol. The lowest BCUT2D eigenvalue weighted by Crippen LogP contribution is -2.34. The number of hydrogen-bond acceptors (Lipinski definition) is 5. The zero-order valence-electron chi connectivity index (χ0n) is 17.1. The third-order valence-corrected chi connectivity index (χ3v) is 6.27. The minimum absolute atomic E-state index is 0.216. The number of amides is 2. The highest BCUT2D eigenvalue weighted by Crippen LogP contribution is 2.29. The van der Waals surface area contributed by atoms with Crippen LogP contribution in [0.1, 0.15) is 40.0 Å². The smallest absolute Gasteiger partial charge is 0.261 e. The Balaban J connectivity index is 1.29. The fraction of sp³-hybridized carbons (Fsp3) is 0.292. The van der Waals surface area contributed by atoms with E-state index in [1.807, 2.05) is 36.4 Å². The number of fused-ring (bicyclic) bond motifs is 2. The molecular weight excluding hydrogens is 412 g/mol. The molecule has 1 saturated heterocycles. The molecule has 0 atom stereocenters. The first-order valence-corrected chi connectivity index (χ1v) is 11.0. The number of halogens is 1. The molecule has 7 heteroatoms. The summed E-state index contributed by atoms with van der Waals surface area (Å²) in [5.41, 5.74) is 3.72. The van der Waals surface area contributed by atoms with Gasteiger partial charge < -0.3 is 10.2 Å². The van der Waals surface area contributed by atoms with Crippen LogP contribution in [-0.4, -0.2) is 47.9 Å². The third-order valence-electron chi connectivity index (χ3n) is 6.03. The number of aromatic nitrogens is 1. The summed E-state index contributed by atoms with van der Waals surface area (Å²) < 4.78 is 0. The molecule has 1 aromatic heterocycles. The van der Waals surface area contributed by atoms with Crippen molar-refractivity contribution in [2.24, 2.45) is 0 Å². The number of hydrogen-bond donors (Lipinski definition) is 1. The first-order chi connectivity index (χ1) is 15.1. The number of nitrogens with one attached hydrogen (secondary N) is 1. The van der Waals surface area contributed by atoms with Gasteiger partial charge in [0.05, 0.1) is 16.6 Å². The molecule has 0 radical (unpaired) electrons. The van der Waals surface area contributed by atoms with E-state index in [0.717, 1.165) is 48.2 Å². The van der Waals surface area contributed by atoms with Gasteiger partial charge in [-0.15, -0.1) is 0 Å². The number of pyridine rings is 1. The summed E-state index contributed by atoms with van der Waals surface area (Å²) in [7, 11) is 0. The molecule has 0 aliphatic carbocycles. The van der Waals surface area contributed by atoms with E-state index in [0.29, 0.717) is 29.2 Å². The Kier molecular flexibility index (Phi) is 5.24. The standard InChI is InChI=1S/C24H23ClN4O2/c25-16-4-6-19-21(8-9-26-22(19)14-16)27-10-13-29-23(30)18-7-5-17(15-20(18)24(29)31)28-11-2-1-3-12-28/h4-9,14-15H,1-3,10-13H2,(H,26,27). The van der Waals surface area contributed by atoms with E-state index < -0.39 is 0 Å². The highest BCUT2D eigenvalue weighted by Gasteiger charge is 2.35. The van der Waals surface area contributed by atoms with Crippen LogP contribution in [0.25, 0.3) is 10.9 Å². The monoisotopic (exact) mass is 434 g/mol. The number of carbonyl (C=O) groups is 2. The van der Waals surface area contributed by atoms with Gasteiger partial charge in [0.25, 0.3) is 11.8 Å². The average Bonchev–Trinajstić information content (AvgIpc) is 3.04.